The molecule has 1 aromatic heterocycles. The molecule has 0 unspecified atom stereocenters. The van der Waals surface area contributed by atoms with E-state index in [-0.39, 0.29) is 30.6 Å². The van der Waals surface area contributed by atoms with Gasteiger partial charge in [0.25, 0.3) is 5.91 Å². The van der Waals surface area contributed by atoms with Crippen LogP contribution in [0.4, 0.5) is 13.2 Å². The van der Waals surface area contributed by atoms with E-state index in [1.165, 1.54) is 29.3 Å². The van der Waals surface area contributed by atoms with Gasteiger partial charge in [-0.25, -0.2) is 4.98 Å². The van der Waals surface area contributed by atoms with Crippen LogP contribution in [0.15, 0.2) is 42.6 Å². The lowest BCUT2D eigenvalue weighted by Gasteiger charge is -2.39. The number of alkyl halides is 3. The van der Waals surface area contributed by atoms with Crippen LogP contribution in [-0.4, -0.2) is 35.0 Å². The van der Waals surface area contributed by atoms with Gasteiger partial charge in [0.2, 0.25) is 5.88 Å². The predicted octanol–water partition coefficient (Wildman–Crippen LogP) is 3.66. The molecule has 0 radical (unpaired) electrons. The van der Waals surface area contributed by atoms with Crippen LogP contribution in [-0.2, 0) is 6.18 Å². The third-order valence-corrected chi connectivity index (χ3v) is 3.89. The molecule has 1 fully saturated rings. The van der Waals surface area contributed by atoms with Gasteiger partial charge in [0.15, 0.2) is 0 Å². The summed E-state index contributed by atoms with van der Waals surface area (Å²) in [6.45, 7) is 0.357. The highest BCUT2D eigenvalue weighted by Crippen LogP contribution is 2.33. The van der Waals surface area contributed by atoms with Crippen LogP contribution in [0.5, 0.6) is 5.88 Å². The maximum atomic E-state index is 13.0. The molecule has 3 rings (SSSR count). The Labute approximate surface area is 140 Å². The number of hydrogen-bond donors (Lipinski definition) is 0. The second-order valence-corrected chi connectivity index (χ2v) is 5.69. The van der Waals surface area contributed by atoms with Crippen LogP contribution in [0.1, 0.15) is 15.9 Å². The standard InChI is InChI=1S/C16H12ClF3N2O2/c17-13-6-3-7-21-14(13)24-10-8-22(9-10)15(23)11-4-1-2-5-12(11)16(18,19)20/h1-7,10H,8-9H2. The molecule has 1 aliphatic rings. The molecule has 0 aliphatic carbocycles. The van der Waals surface area contributed by atoms with Gasteiger partial charge >= 0.3 is 6.18 Å². The third-order valence-electron chi connectivity index (χ3n) is 3.60. The number of ether oxygens (including phenoxy) is 1. The molecule has 2 aromatic rings. The Morgan fingerprint density at radius 3 is 2.58 bits per heavy atom. The molecule has 1 aromatic carbocycles. The number of likely N-dealkylation sites (tertiary alicyclic amines) is 1. The van der Waals surface area contributed by atoms with E-state index in [2.05, 4.69) is 4.98 Å². The first-order chi connectivity index (χ1) is 11.4. The quantitative estimate of drug-likeness (QED) is 0.843. The topological polar surface area (TPSA) is 42.4 Å². The van der Waals surface area contributed by atoms with Crippen LogP contribution in [0.3, 0.4) is 0 Å². The van der Waals surface area contributed by atoms with Crippen LogP contribution in [0.25, 0.3) is 0 Å². The Morgan fingerprint density at radius 1 is 1.21 bits per heavy atom. The minimum Gasteiger partial charge on any atom is -0.470 e. The molecule has 0 bridgehead atoms. The lowest BCUT2D eigenvalue weighted by molar-refractivity contribution is -0.138. The summed E-state index contributed by atoms with van der Waals surface area (Å²) in [7, 11) is 0. The van der Waals surface area contributed by atoms with Crippen molar-refractivity contribution < 1.29 is 22.7 Å². The van der Waals surface area contributed by atoms with Gasteiger partial charge in [-0.05, 0) is 24.3 Å². The summed E-state index contributed by atoms with van der Waals surface area (Å²) in [5.74, 6) is -0.429. The molecule has 1 aliphatic heterocycles. The fourth-order valence-corrected chi connectivity index (χ4v) is 2.55. The number of rotatable bonds is 3. The molecule has 0 N–H and O–H groups in total. The van der Waals surface area contributed by atoms with Gasteiger partial charge in [0.1, 0.15) is 11.1 Å². The van der Waals surface area contributed by atoms with Crippen LogP contribution in [0.2, 0.25) is 5.02 Å². The summed E-state index contributed by atoms with van der Waals surface area (Å²) in [4.78, 5) is 17.6. The molecule has 126 valence electrons. The predicted molar refractivity (Wildman–Crippen MR) is 81.0 cm³/mol. The van der Waals surface area contributed by atoms with Gasteiger partial charge in [-0.3, -0.25) is 4.79 Å². The SMILES string of the molecule is O=C(c1ccccc1C(F)(F)F)N1CC(Oc2ncccc2Cl)C1. The first-order valence-corrected chi connectivity index (χ1v) is 7.46. The van der Waals surface area contributed by atoms with E-state index in [1.54, 1.807) is 12.1 Å². The highest BCUT2D eigenvalue weighted by molar-refractivity contribution is 6.31. The molecular weight excluding hydrogens is 345 g/mol. The lowest BCUT2D eigenvalue weighted by atomic mass is 10.0. The van der Waals surface area contributed by atoms with Gasteiger partial charge in [0, 0.05) is 6.20 Å². The Hall–Kier alpha value is -2.28. The number of amides is 1. The van der Waals surface area contributed by atoms with Crippen molar-refractivity contribution in [3.63, 3.8) is 0 Å². The summed E-state index contributed by atoms with van der Waals surface area (Å²) < 4.78 is 44.5. The second kappa shape index (κ2) is 6.32. The van der Waals surface area contributed by atoms with Crippen LogP contribution >= 0.6 is 11.6 Å². The van der Waals surface area contributed by atoms with E-state index in [0.717, 1.165) is 6.07 Å². The first kappa shape index (κ1) is 16.6. The van der Waals surface area contributed by atoms with Gasteiger partial charge < -0.3 is 9.64 Å². The van der Waals surface area contributed by atoms with E-state index in [4.69, 9.17) is 16.3 Å². The van der Waals surface area contributed by atoms with Gasteiger partial charge in [0.05, 0.1) is 24.2 Å². The van der Waals surface area contributed by atoms with E-state index in [9.17, 15) is 18.0 Å². The molecule has 8 heteroatoms. The Morgan fingerprint density at radius 2 is 1.92 bits per heavy atom. The molecule has 0 spiro atoms. The van der Waals surface area contributed by atoms with Gasteiger partial charge in [-0.15, -0.1) is 0 Å². The van der Waals surface area contributed by atoms with Crippen molar-refractivity contribution >= 4 is 17.5 Å². The van der Waals surface area contributed by atoms with Crippen molar-refractivity contribution in [1.82, 2.24) is 9.88 Å². The number of pyridine rings is 1. The van der Waals surface area contributed by atoms with E-state index >= 15 is 0 Å². The zero-order chi connectivity index (χ0) is 17.3. The number of halogens is 4. The Balaban J connectivity index is 1.67. The second-order valence-electron chi connectivity index (χ2n) is 5.28. The van der Waals surface area contributed by atoms with Gasteiger partial charge in [-0.1, -0.05) is 23.7 Å². The molecule has 0 saturated carbocycles. The summed E-state index contributed by atoms with van der Waals surface area (Å²) in [6.07, 6.45) is -3.41. The molecule has 24 heavy (non-hydrogen) atoms. The van der Waals surface area contributed by atoms with Crippen LogP contribution < -0.4 is 4.74 Å². The summed E-state index contributed by atoms with van der Waals surface area (Å²) >= 11 is 5.92. The minimum atomic E-state index is -4.57. The van der Waals surface area contributed by atoms with Crippen molar-refractivity contribution in [2.45, 2.75) is 12.3 Å². The van der Waals surface area contributed by atoms with Crippen molar-refractivity contribution in [3.05, 3.63) is 58.7 Å². The van der Waals surface area contributed by atoms with Crippen molar-refractivity contribution in [3.8, 4) is 5.88 Å². The molecule has 2 heterocycles. The number of nitrogens with zero attached hydrogens (tertiary/aromatic N) is 2. The zero-order valence-electron chi connectivity index (χ0n) is 12.3. The lowest BCUT2D eigenvalue weighted by Crippen LogP contribution is -2.56. The Bertz CT molecular complexity index is 761. The summed E-state index contributed by atoms with van der Waals surface area (Å²) in [6, 6.07) is 8.00. The highest BCUT2D eigenvalue weighted by atomic mass is 35.5. The maximum absolute atomic E-state index is 13.0. The van der Waals surface area contributed by atoms with Crippen molar-refractivity contribution in [2.24, 2.45) is 0 Å². The minimum absolute atomic E-state index is 0.178. The zero-order valence-corrected chi connectivity index (χ0v) is 13.0. The van der Waals surface area contributed by atoms with E-state index in [0.29, 0.717) is 5.02 Å². The average Bonchev–Trinajstić information content (AvgIpc) is 2.50. The largest absolute Gasteiger partial charge is 0.470 e. The molecule has 0 atom stereocenters. The first-order valence-electron chi connectivity index (χ1n) is 7.09. The summed E-state index contributed by atoms with van der Waals surface area (Å²) in [5.41, 5.74) is -1.30. The monoisotopic (exact) mass is 356 g/mol. The third kappa shape index (κ3) is 3.31. The summed E-state index contributed by atoms with van der Waals surface area (Å²) in [5, 5.41) is 0.338. The fraction of sp³-hybridized carbons (Fsp3) is 0.250. The number of benzene rings is 1. The molecule has 4 nitrogen and oxygen atoms in total. The number of hydrogen-bond acceptors (Lipinski definition) is 3. The smallest absolute Gasteiger partial charge is 0.417 e. The average molecular weight is 357 g/mol. The Kier molecular flexibility index (Phi) is 4.36. The van der Waals surface area contributed by atoms with Crippen LogP contribution in [0, 0.1) is 0 Å². The van der Waals surface area contributed by atoms with E-state index in [1.807, 2.05) is 0 Å². The van der Waals surface area contributed by atoms with Crippen molar-refractivity contribution in [1.29, 1.82) is 0 Å². The molecular formula is C16H12ClF3N2O2. The molecule has 1 saturated heterocycles. The highest BCUT2D eigenvalue weighted by Gasteiger charge is 2.39. The number of carbonyl (C=O) groups is 1. The number of carbonyl (C=O) groups excluding carboxylic acids is 1. The molecule has 1 amide bonds. The van der Waals surface area contributed by atoms with Gasteiger partial charge in [-0.2, -0.15) is 13.2 Å². The van der Waals surface area contributed by atoms with Crippen molar-refractivity contribution in [2.75, 3.05) is 13.1 Å². The fourth-order valence-electron chi connectivity index (χ4n) is 2.38. The number of aromatic nitrogens is 1. The maximum Gasteiger partial charge on any atom is 0.417 e. The normalized spacial score (nSPS) is 15.1. The van der Waals surface area contributed by atoms with E-state index < -0.39 is 17.6 Å².